The number of hydrogen-bond acceptors (Lipinski definition) is 3. The quantitative estimate of drug-likeness (QED) is 0.932. The maximum Gasteiger partial charge on any atom is 0.271 e. The SMILES string of the molecule is CC(C)[C@H](NC(=O)c1cnccn1)c1ccc(F)cc1. The highest BCUT2D eigenvalue weighted by Gasteiger charge is 2.19. The van der Waals surface area contributed by atoms with E-state index in [-0.39, 0.29) is 29.4 Å². The van der Waals surface area contributed by atoms with Gasteiger partial charge in [0.15, 0.2) is 0 Å². The van der Waals surface area contributed by atoms with Crippen molar-refractivity contribution in [3.63, 3.8) is 0 Å². The van der Waals surface area contributed by atoms with E-state index in [4.69, 9.17) is 0 Å². The minimum absolute atomic E-state index is 0.168. The summed E-state index contributed by atoms with van der Waals surface area (Å²) in [4.78, 5) is 19.9. The molecule has 20 heavy (non-hydrogen) atoms. The number of carbonyl (C=O) groups excluding carboxylic acids is 1. The Morgan fingerprint density at radius 2 is 1.90 bits per heavy atom. The molecule has 0 bridgehead atoms. The summed E-state index contributed by atoms with van der Waals surface area (Å²) >= 11 is 0. The van der Waals surface area contributed by atoms with E-state index in [9.17, 15) is 9.18 Å². The van der Waals surface area contributed by atoms with Gasteiger partial charge in [0, 0.05) is 12.4 Å². The zero-order chi connectivity index (χ0) is 14.5. The summed E-state index contributed by atoms with van der Waals surface area (Å²) in [6.45, 7) is 3.98. The van der Waals surface area contributed by atoms with Gasteiger partial charge in [-0.3, -0.25) is 9.78 Å². The van der Waals surface area contributed by atoms with Crippen LogP contribution in [-0.4, -0.2) is 15.9 Å². The van der Waals surface area contributed by atoms with E-state index in [0.717, 1.165) is 5.56 Å². The Labute approximate surface area is 117 Å². The largest absolute Gasteiger partial charge is 0.344 e. The van der Waals surface area contributed by atoms with Gasteiger partial charge in [0.05, 0.1) is 12.2 Å². The summed E-state index contributed by atoms with van der Waals surface area (Å²) in [5.41, 5.74) is 1.12. The molecule has 0 spiro atoms. The second kappa shape index (κ2) is 6.23. The Bertz CT molecular complexity index is 569. The van der Waals surface area contributed by atoms with Gasteiger partial charge in [-0.05, 0) is 23.6 Å². The van der Waals surface area contributed by atoms with Crippen LogP contribution in [0.15, 0.2) is 42.9 Å². The zero-order valence-electron chi connectivity index (χ0n) is 11.4. The van der Waals surface area contributed by atoms with E-state index in [1.165, 1.54) is 30.7 Å². The molecule has 0 radical (unpaired) electrons. The van der Waals surface area contributed by atoms with E-state index >= 15 is 0 Å². The van der Waals surface area contributed by atoms with Gasteiger partial charge in [-0.1, -0.05) is 26.0 Å². The van der Waals surface area contributed by atoms with Crippen LogP contribution in [0, 0.1) is 11.7 Å². The second-order valence-corrected chi connectivity index (χ2v) is 4.84. The minimum Gasteiger partial charge on any atom is -0.344 e. The number of halogens is 1. The predicted molar refractivity (Wildman–Crippen MR) is 73.5 cm³/mol. The lowest BCUT2D eigenvalue weighted by Gasteiger charge is -2.22. The molecule has 1 aromatic carbocycles. The molecule has 1 aromatic heterocycles. The normalized spacial score (nSPS) is 12.2. The second-order valence-electron chi connectivity index (χ2n) is 4.84. The summed E-state index contributed by atoms with van der Waals surface area (Å²) in [6.07, 6.45) is 4.39. The molecule has 1 amide bonds. The van der Waals surface area contributed by atoms with Crippen LogP contribution in [0.2, 0.25) is 0 Å². The van der Waals surface area contributed by atoms with Gasteiger partial charge in [-0.25, -0.2) is 9.37 Å². The average molecular weight is 273 g/mol. The first kappa shape index (κ1) is 14.1. The highest BCUT2D eigenvalue weighted by molar-refractivity contribution is 5.92. The smallest absolute Gasteiger partial charge is 0.271 e. The van der Waals surface area contributed by atoms with Crippen LogP contribution in [0.25, 0.3) is 0 Å². The summed E-state index contributed by atoms with van der Waals surface area (Å²) in [7, 11) is 0. The average Bonchev–Trinajstić information content (AvgIpc) is 2.46. The van der Waals surface area contributed by atoms with Crippen LogP contribution in [0.3, 0.4) is 0 Å². The Kier molecular flexibility index (Phi) is 4.40. The van der Waals surface area contributed by atoms with Crippen molar-refractivity contribution in [2.75, 3.05) is 0 Å². The fourth-order valence-corrected chi connectivity index (χ4v) is 1.94. The van der Waals surface area contributed by atoms with Crippen molar-refractivity contribution in [1.82, 2.24) is 15.3 Å². The first-order valence-electron chi connectivity index (χ1n) is 6.40. The Balaban J connectivity index is 2.18. The number of hydrogen-bond donors (Lipinski definition) is 1. The van der Waals surface area contributed by atoms with Crippen LogP contribution in [-0.2, 0) is 0 Å². The molecule has 1 heterocycles. The number of nitrogens with zero attached hydrogens (tertiary/aromatic N) is 2. The monoisotopic (exact) mass is 273 g/mol. The van der Waals surface area contributed by atoms with Crippen molar-refractivity contribution in [3.8, 4) is 0 Å². The molecule has 0 fully saturated rings. The highest BCUT2D eigenvalue weighted by Crippen LogP contribution is 2.22. The van der Waals surface area contributed by atoms with E-state index < -0.39 is 0 Å². The molecule has 0 unspecified atom stereocenters. The number of benzene rings is 1. The van der Waals surface area contributed by atoms with Crippen molar-refractivity contribution in [2.45, 2.75) is 19.9 Å². The molecule has 0 saturated heterocycles. The Hall–Kier alpha value is -2.30. The summed E-state index contributed by atoms with van der Waals surface area (Å²) in [5, 5.41) is 2.90. The van der Waals surface area contributed by atoms with E-state index in [2.05, 4.69) is 15.3 Å². The first-order valence-corrected chi connectivity index (χ1v) is 6.40. The van der Waals surface area contributed by atoms with Crippen LogP contribution < -0.4 is 5.32 Å². The van der Waals surface area contributed by atoms with Crippen LogP contribution in [0.4, 0.5) is 4.39 Å². The minimum atomic E-state index is -0.295. The first-order chi connectivity index (χ1) is 9.58. The Morgan fingerprint density at radius 3 is 2.45 bits per heavy atom. The van der Waals surface area contributed by atoms with E-state index in [1.807, 2.05) is 13.8 Å². The standard InChI is InChI=1S/C15H16FN3O/c1-10(2)14(11-3-5-12(16)6-4-11)19-15(20)13-9-17-7-8-18-13/h3-10,14H,1-2H3,(H,19,20)/t14-/m0/s1. The van der Waals surface area contributed by atoms with E-state index in [1.54, 1.807) is 12.1 Å². The van der Waals surface area contributed by atoms with Gasteiger partial charge in [-0.2, -0.15) is 0 Å². The Morgan fingerprint density at radius 1 is 1.20 bits per heavy atom. The predicted octanol–water partition coefficient (Wildman–Crippen LogP) is 2.74. The van der Waals surface area contributed by atoms with Gasteiger partial charge in [0.25, 0.3) is 5.91 Å². The number of nitrogens with one attached hydrogen (secondary N) is 1. The van der Waals surface area contributed by atoms with Crippen molar-refractivity contribution < 1.29 is 9.18 Å². The zero-order valence-corrected chi connectivity index (χ0v) is 11.4. The molecule has 2 aromatic rings. The van der Waals surface area contributed by atoms with Crippen molar-refractivity contribution in [3.05, 3.63) is 59.9 Å². The molecule has 104 valence electrons. The van der Waals surface area contributed by atoms with Crippen molar-refractivity contribution in [1.29, 1.82) is 0 Å². The van der Waals surface area contributed by atoms with Crippen molar-refractivity contribution >= 4 is 5.91 Å². The lowest BCUT2D eigenvalue weighted by molar-refractivity contribution is 0.0920. The van der Waals surface area contributed by atoms with Gasteiger partial charge in [0.2, 0.25) is 0 Å². The molecule has 0 aliphatic heterocycles. The van der Waals surface area contributed by atoms with Crippen molar-refractivity contribution in [2.24, 2.45) is 5.92 Å². The molecule has 0 aliphatic carbocycles. The van der Waals surface area contributed by atoms with Gasteiger partial charge >= 0.3 is 0 Å². The number of rotatable bonds is 4. The molecule has 0 saturated carbocycles. The van der Waals surface area contributed by atoms with Crippen LogP contribution in [0.5, 0.6) is 0 Å². The molecular formula is C15H16FN3O. The topological polar surface area (TPSA) is 54.9 Å². The highest BCUT2D eigenvalue weighted by atomic mass is 19.1. The van der Waals surface area contributed by atoms with Gasteiger partial charge in [-0.15, -0.1) is 0 Å². The van der Waals surface area contributed by atoms with Gasteiger partial charge in [0.1, 0.15) is 11.5 Å². The summed E-state index contributed by atoms with van der Waals surface area (Å²) in [6, 6.07) is 5.93. The van der Waals surface area contributed by atoms with Crippen LogP contribution >= 0.6 is 0 Å². The molecule has 0 aliphatic rings. The molecule has 2 rings (SSSR count). The van der Waals surface area contributed by atoms with Gasteiger partial charge < -0.3 is 5.32 Å². The molecule has 4 nitrogen and oxygen atoms in total. The fourth-order valence-electron chi connectivity index (χ4n) is 1.94. The number of amides is 1. The third-order valence-electron chi connectivity index (χ3n) is 2.98. The fraction of sp³-hybridized carbons (Fsp3) is 0.267. The van der Waals surface area contributed by atoms with Crippen LogP contribution in [0.1, 0.15) is 35.9 Å². The van der Waals surface area contributed by atoms with E-state index in [0.29, 0.717) is 0 Å². The third-order valence-corrected chi connectivity index (χ3v) is 2.98. The molecular weight excluding hydrogens is 257 g/mol. The number of carbonyl (C=O) groups is 1. The maximum atomic E-state index is 13.0. The lowest BCUT2D eigenvalue weighted by atomic mass is 9.96. The number of aromatic nitrogens is 2. The summed E-state index contributed by atoms with van der Waals surface area (Å²) in [5.74, 6) is -0.418. The molecule has 5 heteroatoms. The maximum absolute atomic E-state index is 13.0. The molecule has 1 N–H and O–H groups in total. The lowest BCUT2D eigenvalue weighted by Crippen LogP contribution is -2.32. The third kappa shape index (κ3) is 3.38. The summed E-state index contributed by atoms with van der Waals surface area (Å²) < 4.78 is 13.0. The molecule has 1 atom stereocenters.